The van der Waals surface area contributed by atoms with Crippen LogP contribution >= 0.6 is 11.8 Å². The zero-order chi connectivity index (χ0) is 15.9. The normalized spacial score (nSPS) is 12.0. The Balaban J connectivity index is 1.93. The monoisotopic (exact) mass is 315 g/mol. The summed E-state index contributed by atoms with van der Waals surface area (Å²) in [7, 11) is 2.05. The number of carbonyl (C=O) groups excluding carboxylic acids is 1. The molecule has 4 heteroatoms. The van der Waals surface area contributed by atoms with Crippen molar-refractivity contribution < 1.29 is 9.69 Å². The fourth-order valence-corrected chi connectivity index (χ4v) is 2.97. The second kappa shape index (κ2) is 8.01. The molecule has 116 valence electrons. The van der Waals surface area contributed by atoms with Crippen molar-refractivity contribution in [2.75, 3.05) is 25.2 Å². The van der Waals surface area contributed by atoms with Crippen molar-refractivity contribution in [3.8, 4) is 0 Å². The van der Waals surface area contributed by atoms with Gasteiger partial charge in [0.15, 0.2) is 6.54 Å². The Morgan fingerprint density at radius 2 is 1.82 bits per heavy atom. The standard InChI is InChI=1S/C18H22N2OS/c1-14-8-4-5-9-15(14)12-20(2)13-18(21)19-16-10-6-7-11-17(16)22-3/h4-11H,12-13H2,1-3H3,(H,19,21)/p+1. The summed E-state index contributed by atoms with van der Waals surface area (Å²) < 4.78 is 0. The summed E-state index contributed by atoms with van der Waals surface area (Å²) in [4.78, 5) is 14.5. The molecule has 0 aliphatic carbocycles. The van der Waals surface area contributed by atoms with E-state index < -0.39 is 0 Å². The van der Waals surface area contributed by atoms with Gasteiger partial charge in [-0.2, -0.15) is 0 Å². The highest BCUT2D eigenvalue weighted by atomic mass is 32.2. The molecule has 2 aromatic rings. The van der Waals surface area contributed by atoms with Gasteiger partial charge >= 0.3 is 0 Å². The van der Waals surface area contributed by atoms with Crippen LogP contribution < -0.4 is 10.2 Å². The zero-order valence-electron chi connectivity index (χ0n) is 13.3. The molecule has 0 fully saturated rings. The van der Waals surface area contributed by atoms with Crippen LogP contribution in [0.3, 0.4) is 0 Å². The predicted molar refractivity (Wildman–Crippen MR) is 93.5 cm³/mol. The third-order valence-corrected chi connectivity index (χ3v) is 4.39. The minimum absolute atomic E-state index is 0.0487. The van der Waals surface area contributed by atoms with E-state index in [9.17, 15) is 4.79 Å². The third-order valence-electron chi connectivity index (χ3n) is 3.60. The molecule has 2 aromatic carbocycles. The summed E-state index contributed by atoms with van der Waals surface area (Å²) in [5.74, 6) is 0.0487. The number of hydrogen-bond donors (Lipinski definition) is 2. The molecule has 0 aliphatic rings. The summed E-state index contributed by atoms with van der Waals surface area (Å²) in [6, 6.07) is 16.2. The highest BCUT2D eigenvalue weighted by molar-refractivity contribution is 7.98. The molecule has 0 aromatic heterocycles. The number of carbonyl (C=O) groups is 1. The van der Waals surface area contributed by atoms with Crippen LogP contribution in [0.4, 0.5) is 5.69 Å². The van der Waals surface area contributed by atoms with Gasteiger partial charge in [0.2, 0.25) is 0 Å². The van der Waals surface area contributed by atoms with E-state index in [1.54, 1.807) is 11.8 Å². The molecule has 1 atom stereocenters. The summed E-state index contributed by atoms with van der Waals surface area (Å²) in [6.07, 6.45) is 2.01. The predicted octanol–water partition coefficient (Wildman–Crippen LogP) is 2.37. The first-order valence-corrected chi connectivity index (χ1v) is 8.61. The van der Waals surface area contributed by atoms with Crippen molar-refractivity contribution in [3.63, 3.8) is 0 Å². The molecule has 3 nitrogen and oxygen atoms in total. The lowest BCUT2D eigenvalue weighted by molar-refractivity contribution is -0.885. The fourth-order valence-electron chi connectivity index (χ4n) is 2.41. The Morgan fingerprint density at radius 3 is 2.55 bits per heavy atom. The minimum atomic E-state index is 0.0487. The Kier molecular flexibility index (Phi) is 6.04. The highest BCUT2D eigenvalue weighted by Crippen LogP contribution is 2.24. The van der Waals surface area contributed by atoms with Crippen molar-refractivity contribution >= 4 is 23.4 Å². The average molecular weight is 315 g/mol. The first-order valence-electron chi connectivity index (χ1n) is 7.39. The molecular formula is C18H23N2OS+. The maximum absolute atomic E-state index is 12.2. The Bertz CT molecular complexity index is 642. The fraction of sp³-hybridized carbons (Fsp3) is 0.278. The van der Waals surface area contributed by atoms with Gasteiger partial charge in [-0.15, -0.1) is 11.8 Å². The van der Waals surface area contributed by atoms with Gasteiger partial charge in [0.1, 0.15) is 6.54 Å². The SMILES string of the molecule is CSc1ccccc1NC(=O)C[NH+](C)Cc1ccccc1C. The van der Waals surface area contributed by atoms with E-state index in [0.717, 1.165) is 17.1 Å². The topological polar surface area (TPSA) is 33.5 Å². The van der Waals surface area contributed by atoms with Crippen LogP contribution in [0.1, 0.15) is 11.1 Å². The molecule has 0 spiro atoms. The van der Waals surface area contributed by atoms with Crippen LogP contribution in [0.2, 0.25) is 0 Å². The van der Waals surface area contributed by atoms with Crippen LogP contribution in [0.5, 0.6) is 0 Å². The Hall–Kier alpha value is -1.78. The third kappa shape index (κ3) is 4.61. The first-order chi connectivity index (χ1) is 10.6. The first kappa shape index (κ1) is 16.6. The number of hydrogen-bond acceptors (Lipinski definition) is 2. The lowest BCUT2D eigenvalue weighted by Gasteiger charge is -2.16. The zero-order valence-corrected chi connectivity index (χ0v) is 14.2. The maximum atomic E-state index is 12.2. The van der Waals surface area contributed by atoms with E-state index in [0.29, 0.717) is 6.54 Å². The number of anilines is 1. The molecular weight excluding hydrogens is 292 g/mol. The lowest BCUT2D eigenvalue weighted by atomic mass is 10.1. The second-order valence-corrected chi connectivity index (χ2v) is 6.33. The number of rotatable bonds is 6. The average Bonchev–Trinajstić information content (AvgIpc) is 2.50. The maximum Gasteiger partial charge on any atom is 0.279 e. The van der Waals surface area contributed by atoms with Gasteiger partial charge in [0.25, 0.3) is 5.91 Å². The lowest BCUT2D eigenvalue weighted by Crippen LogP contribution is -3.08. The number of quaternary nitrogens is 1. The van der Waals surface area contributed by atoms with Crippen molar-refractivity contribution in [1.29, 1.82) is 0 Å². The van der Waals surface area contributed by atoms with Gasteiger partial charge in [-0.1, -0.05) is 36.4 Å². The molecule has 2 N–H and O–H groups in total. The van der Waals surface area contributed by atoms with E-state index in [-0.39, 0.29) is 5.91 Å². The van der Waals surface area contributed by atoms with Crippen LogP contribution in [0.25, 0.3) is 0 Å². The van der Waals surface area contributed by atoms with Gasteiger partial charge in [0.05, 0.1) is 12.7 Å². The van der Waals surface area contributed by atoms with Gasteiger partial charge in [-0.3, -0.25) is 4.79 Å². The van der Waals surface area contributed by atoms with Crippen molar-refractivity contribution in [3.05, 3.63) is 59.7 Å². The van der Waals surface area contributed by atoms with E-state index >= 15 is 0 Å². The van der Waals surface area contributed by atoms with Crippen molar-refractivity contribution in [2.24, 2.45) is 0 Å². The largest absolute Gasteiger partial charge is 0.326 e. The van der Waals surface area contributed by atoms with E-state index in [1.165, 1.54) is 16.0 Å². The summed E-state index contributed by atoms with van der Waals surface area (Å²) in [6.45, 7) is 3.42. The number of nitrogens with one attached hydrogen (secondary N) is 2. The van der Waals surface area contributed by atoms with Crippen LogP contribution in [-0.2, 0) is 11.3 Å². The van der Waals surface area contributed by atoms with E-state index in [4.69, 9.17) is 0 Å². The Morgan fingerprint density at radius 1 is 1.14 bits per heavy atom. The number of thioether (sulfide) groups is 1. The number of aryl methyl sites for hydroxylation is 1. The molecule has 1 amide bonds. The van der Waals surface area contributed by atoms with Crippen molar-refractivity contribution in [1.82, 2.24) is 0 Å². The summed E-state index contributed by atoms with van der Waals surface area (Å²) in [5.41, 5.74) is 3.45. The van der Waals surface area contributed by atoms with Gasteiger partial charge < -0.3 is 10.2 Å². The van der Waals surface area contributed by atoms with Crippen LogP contribution in [0, 0.1) is 6.92 Å². The smallest absolute Gasteiger partial charge is 0.279 e. The van der Waals surface area contributed by atoms with Crippen molar-refractivity contribution in [2.45, 2.75) is 18.4 Å². The molecule has 2 rings (SSSR count). The minimum Gasteiger partial charge on any atom is -0.326 e. The van der Waals surface area contributed by atoms with E-state index in [1.807, 2.05) is 49.7 Å². The summed E-state index contributed by atoms with van der Waals surface area (Å²) in [5, 5.41) is 3.01. The quantitative estimate of drug-likeness (QED) is 0.803. The molecule has 1 unspecified atom stereocenters. The Labute approximate surface area is 136 Å². The molecule has 22 heavy (non-hydrogen) atoms. The number of benzene rings is 2. The number of likely N-dealkylation sites (N-methyl/N-ethyl adjacent to an activating group) is 1. The molecule has 0 heterocycles. The second-order valence-electron chi connectivity index (χ2n) is 5.49. The number of para-hydroxylation sites is 1. The van der Waals surface area contributed by atoms with E-state index in [2.05, 4.69) is 24.4 Å². The molecule has 0 bridgehead atoms. The molecule has 0 aliphatic heterocycles. The van der Waals surface area contributed by atoms with Gasteiger partial charge in [0, 0.05) is 10.5 Å². The van der Waals surface area contributed by atoms with Gasteiger partial charge in [-0.25, -0.2) is 0 Å². The number of amides is 1. The molecule has 0 saturated heterocycles. The van der Waals surface area contributed by atoms with Crippen LogP contribution in [-0.4, -0.2) is 25.8 Å². The van der Waals surface area contributed by atoms with Crippen LogP contribution in [0.15, 0.2) is 53.4 Å². The van der Waals surface area contributed by atoms with Gasteiger partial charge in [-0.05, 0) is 30.9 Å². The molecule has 0 radical (unpaired) electrons. The molecule has 0 saturated carbocycles. The summed E-state index contributed by atoms with van der Waals surface area (Å²) >= 11 is 1.64. The highest BCUT2D eigenvalue weighted by Gasteiger charge is 2.13.